The smallest absolute Gasteiger partial charge is 0.331 e. The summed E-state index contributed by atoms with van der Waals surface area (Å²) < 4.78 is 48.7. The Morgan fingerprint density at radius 3 is 2.51 bits per heavy atom. The molecule has 4 aliphatic carbocycles. The molecular weight excluding hydrogens is 616 g/mol. The Labute approximate surface area is 271 Å². The molecule has 47 heavy (non-hydrogen) atoms. The van der Waals surface area contributed by atoms with Gasteiger partial charge in [-0.2, -0.15) is 0 Å². The second-order valence-corrected chi connectivity index (χ2v) is 14.7. The summed E-state index contributed by atoms with van der Waals surface area (Å²) in [4.78, 5) is 52.0. The Hall–Kier alpha value is -2.94. The minimum Gasteiger partial charge on any atom is -0.458 e. The SMILES string of the molecule is CO[C@H]1C[C@@H](C)O[C@H]2O[C@@H]3C=C4C[C@@H]5O[C@]56C([C@H](OC(C)=O)C(=O)[C@]5(C)C(C7=CC(=O)OC7)=CC[C@@]56O)[C@@]4(C)C[C@H]3O[C@]21OC(C)=O. The van der Waals surface area contributed by atoms with E-state index in [2.05, 4.69) is 0 Å². The number of carbonyl (C=O) groups is 4. The Balaban J connectivity index is 1.22. The molecule has 2 saturated carbocycles. The van der Waals surface area contributed by atoms with E-state index in [1.807, 2.05) is 19.9 Å². The van der Waals surface area contributed by atoms with Gasteiger partial charge in [-0.15, -0.1) is 0 Å². The maximum Gasteiger partial charge on any atom is 0.331 e. The summed E-state index contributed by atoms with van der Waals surface area (Å²) in [6.45, 7) is 8.02. The monoisotopic (exact) mass is 656 g/mol. The molecular formula is C34H40O13. The number of cyclic esters (lactones) is 1. The summed E-state index contributed by atoms with van der Waals surface area (Å²) in [6, 6.07) is 0. The Bertz CT molecular complexity index is 1580. The number of hydrogen-bond acceptors (Lipinski definition) is 13. The van der Waals surface area contributed by atoms with Crippen molar-refractivity contribution in [3.63, 3.8) is 0 Å². The van der Waals surface area contributed by atoms with Gasteiger partial charge in [0.2, 0.25) is 6.29 Å². The second kappa shape index (κ2) is 9.82. The molecule has 4 heterocycles. The molecule has 0 aromatic heterocycles. The molecule has 13 nitrogen and oxygen atoms in total. The normalized spacial score (nSPS) is 50.6. The van der Waals surface area contributed by atoms with Crippen molar-refractivity contribution in [3.05, 3.63) is 34.9 Å². The van der Waals surface area contributed by atoms with Crippen LogP contribution in [0.5, 0.6) is 0 Å². The second-order valence-electron chi connectivity index (χ2n) is 14.7. The largest absolute Gasteiger partial charge is 0.458 e. The standard InChI is InChI=1S/C34H40O13/c1-15-9-24(40-6)34(45-17(3)36)29(42-15)44-21-11-19-12-23-33(47-23)27(30(19,4)13-22(21)46-34)26(43-16(2)35)28(38)31(5)20(7-8-32(31,33)39)18-10-25(37)41-14-18/h7,10-11,15,21-24,26-27,29,39H,8-9,12-14H2,1-6H3/t15-,21-,22-,23+,24+,26+,27?,29+,30+,31+,32-,33+,34+/m1/s1. The van der Waals surface area contributed by atoms with Gasteiger partial charge in [-0.05, 0) is 38.7 Å². The number of fused-ring (bicyclic) bond motifs is 5. The zero-order valence-corrected chi connectivity index (χ0v) is 27.2. The molecule has 5 fully saturated rings. The number of epoxide rings is 1. The Morgan fingerprint density at radius 2 is 1.85 bits per heavy atom. The fourth-order valence-corrected chi connectivity index (χ4v) is 10.3. The van der Waals surface area contributed by atoms with Gasteiger partial charge < -0.3 is 43.0 Å². The van der Waals surface area contributed by atoms with Crippen LogP contribution in [0, 0.1) is 16.7 Å². The van der Waals surface area contributed by atoms with Crippen molar-refractivity contribution in [2.24, 2.45) is 16.7 Å². The molecule has 13 heteroatoms. The summed E-state index contributed by atoms with van der Waals surface area (Å²) in [5.41, 5.74) is -3.49. The fraction of sp³-hybridized carbons (Fsp3) is 0.706. The molecule has 1 N–H and O–H groups in total. The fourth-order valence-electron chi connectivity index (χ4n) is 10.3. The number of ketones is 1. The third kappa shape index (κ3) is 3.81. The molecule has 254 valence electrons. The number of methoxy groups -OCH3 is 1. The van der Waals surface area contributed by atoms with Gasteiger partial charge in [-0.1, -0.05) is 24.6 Å². The van der Waals surface area contributed by atoms with E-state index in [0.29, 0.717) is 24.0 Å². The van der Waals surface area contributed by atoms with Crippen LogP contribution in [0.2, 0.25) is 0 Å². The lowest BCUT2D eigenvalue weighted by molar-refractivity contribution is -0.449. The van der Waals surface area contributed by atoms with E-state index in [0.717, 1.165) is 5.57 Å². The van der Waals surface area contributed by atoms with Crippen LogP contribution in [0.1, 0.15) is 60.3 Å². The number of rotatable bonds is 4. The maximum atomic E-state index is 14.9. The number of hydrogen-bond donors (Lipinski definition) is 1. The van der Waals surface area contributed by atoms with Gasteiger partial charge in [0.25, 0.3) is 5.79 Å². The van der Waals surface area contributed by atoms with Gasteiger partial charge in [0, 0.05) is 50.4 Å². The zero-order valence-electron chi connectivity index (χ0n) is 27.2. The zero-order chi connectivity index (χ0) is 33.5. The summed E-state index contributed by atoms with van der Waals surface area (Å²) in [7, 11) is 1.51. The number of aliphatic hydroxyl groups is 1. The van der Waals surface area contributed by atoms with Gasteiger partial charge in [-0.3, -0.25) is 14.4 Å². The van der Waals surface area contributed by atoms with Crippen LogP contribution in [0.3, 0.4) is 0 Å². The van der Waals surface area contributed by atoms with Crippen LogP contribution in [0.15, 0.2) is 34.9 Å². The summed E-state index contributed by atoms with van der Waals surface area (Å²) in [6.07, 6.45) is 1.21. The Kier molecular flexibility index (Phi) is 6.55. The average Bonchev–Trinajstić information content (AvgIpc) is 3.43. The van der Waals surface area contributed by atoms with E-state index in [9.17, 15) is 24.3 Å². The van der Waals surface area contributed by atoms with E-state index in [1.54, 1.807) is 13.0 Å². The first-order valence-electron chi connectivity index (χ1n) is 16.3. The van der Waals surface area contributed by atoms with Gasteiger partial charge in [0.15, 0.2) is 11.9 Å². The maximum absolute atomic E-state index is 14.9. The van der Waals surface area contributed by atoms with Gasteiger partial charge >= 0.3 is 17.9 Å². The highest BCUT2D eigenvalue weighted by molar-refractivity contribution is 5.99. The predicted octanol–water partition coefficient (Wildman–Crippen LogP) is 1.74. The minimum absolute atomic E-state index is 0.0242. The molecule has 0 radical (unpaired) electrons. The minimum atomic E-state index is -1.71. The van der Waals surface area contributed by atoms with Crippen molar-refractivity contribution in [2.45, 2.75) is 120 Å². The van der Waals surface area contributed by atoms with Crippen molar-refractivity contribution >= 4 is 23.7 Å². The molecule has 4 aliphatic heterocycles. The molecule has 13 atom stereocenters. The highest BCUT2D eigenvalue weighted by atomic mass is 16.8. The number of Topliss-reactive ketones (excluding diaryl/α,β-unsaturated/α-hetero) is 1. The van der Waals surface area contributed by atoms with Crippen LogP contribution in [0.25, 0.3) is 0 Å². The molecule has 0 amide bonds. The Morgan fingerprint density at radius 1 is 1.09 bits per heavy atom. The molecule has 3 saturated heterocycles. The number of ether oxygens (including phenoxy) is 8. The van der Waals surface area contributed by atoms with Crippen molar-refractivity contribution in [1.82, 2.24) is 0 Å². The lowest BCUT2D eigenvalue weighted by atomic mass is 9.43. The lowest BCUT2D eigenvalue weighted by Gasteiger charge is -2.62. The van der Waals surface area contributed by atoms with Crippen molar-refractivity contribution in [3.8, 4) is 0 Å². The van der Waals surface area contributed by atoms with E-state index < -0.39 is 94.2 Å². The summed E-state index contributed by atoms with van der Waals surface area (Å²) >= 11 is 0. The third-order valence-electron chi connectivity index (χ3n) is 12.3. The number of esters is 3. The quantitative estimate of drug-likeness (QED) is 0.202. The van der Waals surface area contributed by atoms with Crippen LogP contribution in [-0.4, -0.2) is 102 Å². The molecule has 1 spiro atoms. The van der Waals surface area contributed by atoms with Crippen molar-refractivity contribution in [2.75, 3.05) is 13.7 Å². The van der Waals surface area contributed by atoms with E-state index >= 15 is 0 Å². The van der Waals surface area contributed by atoms with Gasteiger partial charge in [-0.25, -0.2) is 4.79 Å². The first kappa shape index (κ1) is 31.3. The summed E-state index contributed by atoms with van der Waals surface area (Å²) in [5.74, 6) is -4.72. The van der Waals surface area contributed by atoms with Gasteiger partial charge in [0.05, 0.1) is 23.7 Å². The van der Waals surface area contributed by atoms with Crippen molar-refractivity contribution < 1.29 is 62.2 Å². The van der Waals surface area contributed by atoms with E-state index in [1.165, 1.54) is 27.0 Å². The molecule has 8 rings (SSSR count). The predicted molar refractivity (Wildman–Crippen MR) is 156 cm³/mol. The van der Waals surface area contributed by atoms with Gasteiger partial charge in [0.1, 0.15) is 30.0 Å². The topological polar surface area (TPSA) is 166 Å². The number of carbonyl (C=O) groups excluding carboxylic acids is 4. The molecule has 1 unspecified atom stereocenters. The molecule has 0 aromatic carbocycles. The van der Waals surface area contributed by atoms with Crippen LogP contribution in [0.4, 0.5) is 0 Å². The first-order chi connectivity index (χ1) is 22.1. The molecule has 0 bridgehead atoms. The van der Waals surface area contributed by atoms with Crippen LogP contribution < -0.4 is 0 Å². The first-order valence-corrected chi connectivity index (χ1v) is 16.3. The summed E-state index contributed by atoms with van der Waals surface area (Å²) in [5, 5.41) is 12.9. The van der Waals surface area contributed by atoms with Crippen molar-refractivity contribution in [1.29, 1.82) is 0 Å². The van der Waals surface area contributed by atoms with E-state index in [-0.39, 0.29) is 25.6 Å². The van der Waals surface area contributed by atoms with E-state index in [4.69, 9.17) is 37.9 Å². The van der Waals surface area contributed by atoms with Crippen LogP contribution >= 0.6 is 0 Å². The lowest BCUT2D eigenvalue weighted by Crippen LogP contribution is -2.76. The highest BCUT2D eigenvalue weighted by Crippen LogP contribution is 2.76. The third-order valence-corrected chi connectivity index (χ3v) is 12.3. The average molecular weight is 657 g/mol. The highest BCUT2D eigenvalue weighted by Gasteiger charge is 2.88. The molecule has 0 aromatic rings. The molecule has 8 aliphatic rings. The van der Waals surface area contributed by atoms with Crippen LogP contribution in [-0.2, 0) is 57.1 Å².